The van der Waals surface area contributed by atoms with Gasteiger partial charge in [0, 0.05) is 50.5 Å². The van der Waals surface area contributed by atoms with Crippen LogP contribution in [0.4, 0.5) is 18.9 Å². The van der Waals surface area contributed by atoms with Crippen molar-refractivity contribution in [1.82, 2.24) is 9.21 Å². The summed E-state index contributed by atoms with van der Waals surface area (Å²) in [7, 11) is -3.83. The quantitative estimate of drug-likeness (QED) is 0.670. The molecule has 6 nitrogen and oxygen atoms in total. The lowest BCUT2D eigenvalue weighted by Crippen LogP contribution is -2.48. The molecule has 0 N–H and O–H groups in total. The molecule has 0 aliphatic carbocycles. The Morgan fingerprint density at radius 3 is 2.27 bits per heavy atom. The number of hydrogen-bond acceptors (Lipinski definition) is 4. The second kappa shape index (κ2) is 9.34. The van der Waals surface area contributed by atoms with Gasteiger partial charge in [-0.05, 0) is 43.2 Å². The summed E-state index contributed by atoms with van der Waals surface area (Å²) >= 11 is 0. The zero-order valence-corrected chi connectivity index (χ0v) is 18.9. The first kappa shape index (κ1) is 23.6. The van der Waals surface area contributed by atoms with Crippen LogP contribution in [0.5, 0.6) is 0 Å². The Morgan fingerprint density at radius 1 is 0.909 bits per heavy atom. The summed E-state index contributed by atoms with van der Waals surface area (Å²) in [4.78, 5) is 16.1. The Bertz CT molecular complexity index is 1080. The Morgan fingerprint density at radius 2 is 1.61 bits per heavy atom. The van der Waals surface area contributed by atoms with Crippen molar-refractivity contribution >= 4 is 21.6 Å². The van der Waals surface area contributed by atoms with Gasteiger partial charge in [0.2, 0.25) is 10.0 Å². The van der Waals surface area contributed by atoms with Gasteiger partial charge in [0.15, 0.2) is 0 Å². The van der Waals surface area contributed by atoms with Crippen LogP contribution in [0, 0.1) is 5.92 Å². The van der Waals surface area contributed by atoms with E-state index in [1.165, 1.54) is 33.5 Å². The van der Waals surface area contributed by atoms with Crippen molar-refractivity contribution in [2.45, 2.75) is 23.9 Å². The van der Waals surface area contributed by atoms with E-state index < -0.39 is 34.6 Å². The van der Waals surface area contributed by atoms with Crippen LogP contribution in [0.1, 0.15) is 23.2 Å². The number of piperidine rings is 1. The molecule has 0 unspecified atom stereocenters. The van der Waals surface area contributed by atoms with Crippen LogP contribution in [0.15, 0.2) is 59.5 Å². The molecule has 2 heterocycles. The number of para-hydroxylation sites is 1. The summed E-state index contributed by atoms with van der Waals surface area (Å²) in [6.45, 7) is 1.50. The molecule has 33 heavy (non-hydrogen) atoms. The average molecular weight is 482 g/mol. The zero-order valence-electron chi connectivity index (χ0n) is 18.0. The second-order valence-corrected chi connectivity index (χ2v) is 10.3. The predicted molar refractivity (Wildman–Crippen MR) is 119 cm³/mol. The van der Waals surface area contributed by atoms with E-state index in [4.69, 9.17) is 0 Å². The van der Waals surface area contributed by atoms with Gasteiger partial charge >= 0.3 is 6.18 Å². The molecular weight excluding hydrogens is 455 g/mol. The number of rotatable bonds is 4. The van der Waals surface area contributed by atoms with E-state index >= 15 is 0 Å². The minimum absolute atomic E-state index is 0.00332. The highest BCUT2D eigenvalue weighted by atomic mass is 32.2. The third kappa shape index (κ3) is 5.16. The van der Waals surface area contributed by atoms with Crippen LogP contribution in [0.2, 0.25) is 0 Å². The van der Waals surface area contributed by atoms with Crippen molar-refractivity contribution in [2.75, 3.05) is 44.2 Å². The van der Waals surface area contributed by atoms with Gasteiger partial charge in [-0.25, -0.2) is 8.42 Å². The van der Waals surface area contributed by atoms with E-state index in [1.807, 2.05) is 30.3 Å². The van der Waals surface area contributed by atoms with E-state index in [1.54, 1.807) is 0 Å². The van der Waals surface area contributed by atoms with E-state index in [9.17, 15) is 26.4 Å². The highest BCUT2D eigenvalue weighted by Crippen LogP contribution is 2.33. The highest BCUT2D eigenvalue weighted by molar-refractivity contribution is 7.89. The van der Waals surface area contributed by atoms with Gasteiger partial charge < -0.3 is 9.80 Å². The van der Waals surface area contributed by atoms with Crippen LogP contribution in [-0.4, -0.2) is 69.0 Å². The van der Waals surface area contributed by atoms with Gasteiger partial charge in [-0.2, -0.15) is 17.5 Å². The maximum absolute atomic E-state index is 13.2. The zero-order chi connectivity index (χ0) is 23.6. The molecule has 2 saturated heterocycles. The van der Waals surface area contributed by atoms with Crippen LogP contribution < -0.4 is 4.90 Å². The first-order valence-electron chi connectivity index (χ1n) is 10.9. The summed E-state index contributed by atoms with van der Waals surface area (Å²) in [5.41, 5.74) is 1.11. The molecule has 1 amide bonds. The van der Waals surface area contributed by atoms with E-state index in [0.717, 1.165) is 5.69 Å². The number of benzene rings is 2. The maximum atomic E-state index is 13.2. The van der Waals surface area contributed by atoms with Gasteiger partial charge in [-0.3, -0.25) is 4.79 Å². The Kier molecular flexibility index (Phi) is 6.67. The van der Waals surface area contributed by atoms with Crippen molar-refractivity contribution in [3.05, 3.63) is 60.2 Å². The average Bonchev–Trinajstić information content (AvgIpc) is 2.84. The Balaban J connectivity index is 1.46. The van der Waals surface area contributed by atoms with Crippen molar-refractivity contribution < 1.29 is 26.4 Å². The third-order valence-corrected chi connectivity index (χ3v) is 8.14. The number of hydrogen-bond donors (Lipinski definition) is 0. The number of nitrogens with zero attached hydrogens (tertiary/aromatic N) is 3. The monoisotopic (exact) mass is 481 g/mol. The largest absolute Gasteiger partial charge is 0.393 e. The summed E-state index contributed by atoms with van der Waals surface area (Å²) in [5.74, 6) is -2.13. The lowest BCUT2D eigenvalue weighted by atomic mass is 9.97. The topological polar surface area (TPSA) is 60.9 Å². The Labute approximate surface area is 191 Å². The van der Waals surface area contributed by atoms with Crippen molar-refractivity contribution in [3.63, 3.8) is 0 Å². The first-order valence-corrected chi connectivity index (χ1v) is 12.4. The molecular formula is C23H26F3N3O3S. The summed E-state index contributed by atoms with van der Waals surface area (Å²) < 4.78 is 67.1. The molecule has 2 aromatic rings. The fourth-order valence-electron chi connectivity index (χ4n) is 4.38. The molecule has 0 radical (unpaired) electrons. The number of sulfonamides is 1. The minimum Gasteiger partial charge on any atom is -0.369 e. The molecule has 4 rings (SSSR count). The minimum atomic E-state index is -4.36. The Hall–Kier alpha value is -2.59. The van der Waals surface area contributed by atoms with Gasteiger partial charge in [0.05, 0.1) is 10.8 Å². The molecule has 1 atom stereocenters. The second-order valence-electron chi connectivity index (χ2n) is 8.39. The number of alkyl halides is 3. The number of halogens is 3. The van der Waals surface area contributed by atoms with Crippen LogP contribution >= 0.6 is 0 Å². The van der Waals surface area contributed by atoms with Crippen LogP contribution in [0.3, 0.4) is 0 Å². The molecule has 178 valence electrons. The normalized spacial score (nSPS) is 20.6. The first-order chi connectivity index (χ1) is 15.7. The van der Waals surface area contributed by atoms with E-state index in [-0.39, 0.29) is 29.8 Å². The smallest absolute Gasteiger partial charge is 0.369 e. The van der Waals surface area contributed by atoms with Gasteiger partial charge in [-0.15, -0.1) is 0 Å². The number of amides is 1. The number of likely N-dealkylation sites (tertiary alicyclic amines) is 1. The molecule has 2 aromatic carbocycles. The van der Waals surface area contributed by atoms with E-state index in [2.05, 4.69) is 4.90 Å². The number of anilines is 1. The third-order valence-electron chi connectivity index (χ3n) is 6.25. The van der Waals surface area contributed by atoms with Gasteiger partial charge in [-0.1, -0.05) is 24.3 Å². The molecule has 0 saturated carbocycles. The van der Waals surface area contributed by atoms with Crippen LogP contribution in [-0.2, 0) is 10.0 Å². The fraction of sp³-hybridized carbons (Fsp3) is 0.435. The molecule has 2 aliphatic rings. The number of piperazine rings is 1. The van der Waals surface area contributed by atoms with Crippen molar-refractivity contribution in [3.8, 4) is 0 Å². The van der Waals surface area contributed by atoms with Gasteiger partial charge in [0.1, 0.15) is 0 Å². The lowest BCUT2D eigenvalue weighted by molar-refractivity contribution is -0.184. The SMILES string of the molecule is O=C(c1cccc(S(=O)(=O)N2CCN(c3ccccc3)CC2)c1)N1CCC[C@H](C(F)(F)F)C1. The number of carbonyl (C=O) groups excluding carboxylic acids is 1. The maximum Gasteiger partial charge on any atom is 0.393 e. The molecule has 2 fully saturated rings. The molecule has 0 bridgehead atoms. The molecule has 10 heteroatoms. The van der Waals surface area contributed by atoms with Gasteiger partial charge in [0.25, 0.3) is 5.91 Å². The summed E-state index contributed by atoms with van der Waals surface area (Å²) in [6.07, 6.45) is -4.09. The molecule has 2 aliphatic heterocycles. The highest BCUT2D eigenvalue weighted by Gasteiger charge is 2.43. The molecule has 0 spiro atoms. The van der Waals surface area contributed by atoms with E-state index in [0.29, 0.717) is 26.2 Å². The van der Waals surface area contributed by atoms with Crippen molar-refractivity contribution in [2.24, 2.45) is 5.92 Å². The van der Waals surface area contributed by atoms with Crippen LogP contribution in [0.25, 0.3) is 0 Å². The summed E-state index contributed by atoms with van der Waals surface area (Å²) in [6, 6.07) is 15.3. The van der Waals surface area contributed by atoms with Crippen molar-refractivity contribution in [1.29, 1.82) is 0 Å². The number of carbonyl (C=O) groups is 1. The predicted octanol–water partition coefficient (Wildman–Crippen LogP) is 3.61. The lowest BCUT2D eigenvalue weighted by Gasteiger charge is -2.35. The summed E-state index contributed by atoms with van der Waals surface area (Å²) in [5, 5.41) is 0. The fourth-order valence-corrected chi connectivity index (χ4v) is 5.84. The standard InChI is InChI=1S/C23H26F3N3O3S/c24-23(25,26)19-7-5-11-28(17-19)22(30)18-6-4-10-21(16-18)33(31,32)29-14-12-27(13-15-29)20-8-2-1-3-9-20/h1-4,6,8-10,16,19H,5,7,11-15,17H2/t19-/m0/s1. The molecule has 0 aromatic heterocycles.